The highest BCUT2D eigenvalue weighted by atomic mass is 35.5. The van der Waals surface area contributed by atoms with Crippen LogP contribution in [0.25, 0.3) is 27.8 Å². The first-order chi connectivity index (χ1) is 20.6. The number of H-pyrrole nitrogens is 1. The number of rotatable bonds is 7. The van der Waals surface area contributed by atoms with Crippen LogP contribution < -0.4 is 5.56 Å². The average Bonchev–Trinajstić information content (AvgIpc) is 3.66. The Morgan fingerprint density at radius 2 is 1.84 bits per heavy atom. The molecule has 0 amide bonds. The van der Waals surface area contributed by atoms with Gasteiger partial charge in [0, 0.05) is 29.3 Å². The zero-order valence-corrected chi connectivity index (χ0v) is 24.5. The Morgan fingerprint density at radius 3 is 2.56 bits per heavy atom. The standard InChI is InChI=1S/C32H28ClN7O3/c1-32(2,3)43-31(42)22-9-11-25-26(16-22)36-30(35-25)28(15-20-7-5-4-6-8-20)39-14-13-21(17-29(39)41)24-18-23(33)10-12-27(24)40-19-34-37-38-40/h4-14,16-19,28H,15H2,1-3H3,(H,35,36)/t28-/m0/s1. The van der Waals surface area contributed by atoms with Gasteiger partial charge in [0.25, 0.3) is 5.56 Å². The number of carbonyl (C=O) groups excluding carboxylic acids is 1. The largest absolute Gasteiger partial charge is 0.456 e. The molecule has 1 N–H and O–H groups in total. The molecule has 0 unspecified atom stereocenters. The van der Waals surface area contributed by atoms with E-state index in [1.165, 1.54) is 11.0 Å². The number of imidazole rings is 1. The fraction of sp³-hybridized carbons (Fsp3) is 0.188. The van der Waals surface area contributed by atoms with Crippen LogP contribution in [0.1, 0.15) is 48.6 Å². The van der Waals surface area contributed by atoms with Crippen molar-refractivity contribution in [1.29, 1.82) is 0 Å². The first-order valence-electron chi connectivity index (χ1n) is 13.7. The first-order valence-corrected chi connectivity index (χ1v) is 14.0. The van der Waals surface area contributed by atoms with Crippen molar-refractivity contribution in [3.05, 3.63) is 124 Å². The van der Waals surface area contributed by atoms with Gasteiger partial charge in [0.05, 0.1) is 28.3 Å². The van der Waals surface area contributed by atoms with Gasteiger partial charge in [0.1, 0.15) is 17.8 Å². The van der Waals surface area contributed by atoms with E-state index in [2.05, 4.69) is 20.5 Å². The summed E-state index contributed by atoms with van der Waals surface area (Å²) in [5, 5.41) is 12.0. The molecule has 3 heterocycles. The van der Waals surface area contributed by atoms with Crippen LogP contribution in [0.3, 0.4) is 0 Å². The predicted molar refractivity (Wildman–Crippen MR) is 163 cm³/mol. The number of pyridine rings is 1. The van der Waals surface area contributed by atoms with Crippen LogP contribution in [0.5, 0.6) is 0 Å². The van der Waals surface area contributed by atoms with Crippen molar-refractivity contribution in [2.24, 2.45) is 0 Å². The number of halogens is 1. The summed E-state index contributed by atoms with van der Waals surface area (Å²) in [4.78, 5) is 34.7. The van der Waals surface area contributed by atoms with Gasteiger partial charge in [-0.1, -0.05) is 41.9 Å². The third kappa shape index (κ3) is 6.09. The molecule has 10 nitrogen and oxygen atoms in total. The normalized spacial score (nSPS) is 12.4. The highest BCUT2D eigenvalue weighted by molar-refractivity contribution is 6.31. The number of hydrogen-bond donors (Lipinski definition) is 1. The molecular weight excluding hydrogens is 566 g/mol. The van der Waals surface area contributed by atoms with Gasteiger partial charge in [-0.3, -0.25) is 4.79 Å². The molecule has 0 fully saturated rings. The summed E-state index contributed by atoms with van der Waals surface area (Å²) in [6, 6.07) is 23.4. The third-order valence-corrected chi connectivity index (χ3v) is 7.11. The smallest absolute Gasteiger partial charge is 0.338 e. The predicted octanol–water partition coefficient (Wildman–Crippen LogP) is 5.81. The Hall–Kier alpha value is -5.09. The number of nitrogens with zero attached hydrogens (tertiary/aromatic N) is 6. The summed E-state index contributed by atoms with van der Waals surface area (Å²) in [6.07, 6.45) is 3.75. The maximum atomic E-state index is 13.8. The highest BCUT2D eigenvalue weighted by Crippen LogP contribution is 2.30. The Bertz CT molecular complexity index is 1980. The van der Waals surface area contributed by atoms with Crippen molar-refractivity contribution in [1.82, 2.24) is 34.7 Å². The summed E-state index contributed by atoms with van der Waals surface area (Å²) in [6.45, 7) is 5.48. The van der Waals surface area contributed by atoms with E-state index in [0.717, 1.165) is 11.1 Å². The van der Waals surface area contributed by atoms with Crippen LogP contribution >= 0.6 is 11.6 Å². The van der Waals surface area contributed by atoms with Gasteiger partial charge in [0.15, 0.2) is 0 Å². The minimum Gasteiger partial charge on any atom is -0.456 e. The monoisotopic (exact) mass is 593 g/mol. The van der Waals surface area contributed by atoms with Crippen molar-refractivity contribution in [3.63, 3.8) is 0 Å². The number of carbonyl (C=O) groups is 1. The number of fused-ring (bicyclic) bond motifs is 1. The molecule has 0 bridgehead atoms. The Morgan fingerprint density at radius 1 is 1.02 bits per heavy atom. The Kier molecular flexibility index (Phi) is 7.37. The van der Waals surface area contributed by atoms with E-state index in [1.807, 2.05) is 57.2 Å². The fourth-order valence-corrected chi connectivity index (χ4v) is 5.11. The Balaban J connectivity index is 1.41. The summed E-state index contributed by atoms with van der Waals surface area (Å²) >= 11 is 6.34. The molecule has 0 spiro atoms. The second-order valence-corrected chi connectivity index (χ2v) is 11.6. The van der Waals surface area contributed by atoms with E-state index in [-0.39, 0.29) is 5.56 Å². The number of hydrogen-bond acceptors (Lipinski definition) is 7. The molecule has 0 saturated carbocycles. The molecule has 0 radical (unpaired) electrons. The molecule has 43 heavy (non-hydrogen) atoms. The van der Waals surface area contributed by atoms with Gasteiger partial charge in [-0.25, -0.2) is 9.78 Å². The molecule has 0 saturated heterocycles. The summed E-state index contributed by atoms with van der Waals surface area (Å²) in [5.74, 6) is 0.167. The maximum Gasteiger partial charge on any atom is 0.338 e. The number of nitrogens with one attached hydrogen (secondary N) is 1. The molecule has 0 aliphatic heterocycles. The molecular formula is C32H28ClN7O3. The molecule has 6 aromatic rings. The minimum absolute atomic E-state index is 0.226. The van der Waals surface area contributed by atoms with Crippen molar-refractivity contribution in [2.75, 3.05) is 0 Å². The number of aromatic nitrogens is 7. The van der Waals surface area contributed by atoms with E-state index in [0.29, 0.717) is 45.2 Å². The molecule has 6 rings (SSSR count). The third-order valence-electron chi connectivity index (χ3n) is 6.87. The zero-order valence-electron chi connectivity index (χ0n) is 23.7. The van der Waals surface area contributed by atoms with E-state index < -0.39 is 17.6 Å². The lowest BCUT2D eigenvalue weighted by Crippen LogP contribution is -2.27. The maximum absolute atomic E-state index is 13.8. The van der Waals surface area contributed by atoms with Gasteiger partial charge < -0.3 is 14.3 Å². The van der Waals surface area contributed by atoms with Crippen LogP contribution in [0.2, 0.25) is 5.02 Å². The van der Waals surface area contributed by atoms with E-state index in [4.69, 9.17) is 21.3 Å². The van der Waals surface area contributed by atoms with Gasteiger partial charge in [-0.15, -0.1) is 5.10 Å². The van der Waals surface area contributed by atoms with Gasteiger partial charge in [-0.05, 0) is 84.8 Å². The van der Waals surface area contributed by atoms with Crippen LogP contribution in [0.4, 0.5) is 0 Å². The molecule has 0 aliphatic rings. The zero-order chi connectivity index (χ0) is 30.1. The molecule has 11 heteroatoms. The molecule has 216 valence electrons. The lowest BCUT2D eigenvalue weighted by molar-refractivity contribution is 0.00696. The van der Waals surface area contributed by atoms with Crippen LogP contribution in [-0.4, -0.2) is 46.3 Å². The summed E-state index contributed by atoms with van der Waals surface area (Å²) < 4.78 is 8.72. The average molecular weight is 594 g/mol. The molecule has 3 aromatic heterocycles. The van der Waals surface area contributed by atoms with Crippen LogP contribution in [0.15, 0.2) is 96.2 Å². The number of esters is 1. The lowest BCUT2D eigenvalue weighted by atomic mass is 10.0. The van der Waals surface area contributed by atoms with Gasteiger partial charge >= 0.3 is 5.97 Å². The quantitative estimate of drug-likeness (QED) is 0.232. The van der Waals surface area contributed by atoms with Crippen molar-refractivity contribution in [2.45, 2.75) is 38.8 Å². The molecule has 3 aromatic carbocycles. The van der Waals surface area contributed by atoms with Gasteiger partial charge in [-0.2, -0.15) is 4.68 Å². The summed E-state index contributed by atoms with van der Waals surface area (Å²) in [7, 11) is 0. The van der Waals surface area contributed by atoms with E-state index in [1.54, 1.807) is 53.2 Å². The van der Waals surface area contributed by atoms with Crippen molar-refractivity contribution < 1.29 is 9.53 Å². The molecule has 1 atom stereocenters. The highest BCUT2D eigenvalue weighted by Gasteiger charge is 2.23. The molecule has 0 aliphatic carbocycles. The number of aromatic amines is 1. The minimum atomic E-state index is -0.616. The SMILES string of the molecule is CC(C)(C)OC(=O)c1ccc2[nH]c([C@H](Cc3ccccc3)n3ccc(-c4cc(Cl)ccc4-n4cnnn4)cc3=O)nc2c1. The first kappa shape index (κ1) is 28.0. The van der Waals surface area contributed by atoms with Gasteiger partial charge in [0.2, 0.25) is 0 Å². The summed E-state index contributed by atoms with van der Waals surface area (Å²) in [5.41, 5.74) is 4.01. The Labute approximate surface area is 251 Å². The lowest BCUT2D eigenvalue weighted by Gasteiger charge is -2.19. The topological polar surface area (TPSA) is 121 Å². The van der Waals surface area contributed by atoms with E-state index in [9.17, 15) is 9.59 Å². The van der Waals surface area contributed by atoms with Crippen molar-refractivity contribution in [3.8, 4) is 16.8 Å². The second-order valence-electron chi connectivity index (χ2n) is 11.1. The number of tetrazole rings is 1. The fourth-order valence-electron chi connectivity index (χ4n) is 4.94. The van der Waals surface area contributed by atoms with Crippen LogP contribution in [-0.2, 0) is 11.2 Å². The number of benzene rings is 3. The van der Waals surface area contributed by atoms with E-state index >= 15 is 0 Å². The van der Waals surface area contributed by atoms with Crippen LogP contribution in [0, 0.1) is 0 Å². The second kappa shape index (κ2) is 11.3. The van der Waals surface area contributed by atoms with Crippen molar-refractivity contribution >= 4 is 28.6 Å². The number of ether oxygens (including phenoxy) is 1.